The molecule has 1 atom stereocenters. The van der Waals surface area contributed by atoms with E-state index >= 15 is 0 Å². The molecule has 3 N–H and O–H groups in total. The van der Waals surface area contributed by atoms with Gasteiger partial charge in [0.15, 0.2) is 0 Å². The average Bonchev–Trinajstić information content (AvgIpc) is 2.97. The fraction of sp³-hybridized carbons (Fsp3) is 0.353. The van der Waals surface area contributed by atoms with Crippen LogP contribution in [0.4, 0.5) is 0 Å². The first-order chi connectivity index (χ1) is 9.95. The maximum absolute atomic E-state index is 12.3. The van der Waals surface area contributed by atoms with E-state index < -0.39 is 0 Å². The number of carbonyl (C=O) groups is 1. The molecular weight excluding hydrogens is 300 g/mol. The molecule has 0 saturated carbocycles. The molecule has 0 fully saturated rings. The zero-order valence-corrected chi connectivity index (χ0v) is 13.9. The predicted octanol–water partition coefficient (Wildman–Crippen LogP) is 3.26. The van der Waals surface area contributed by atoms with E-state index in [0.717, 1.165) is 0 Å². The molecule has 1 unspecified atom stereocenters. The van der Waals surface area contributed by atoms with Gasteiger partial charge in [-0.15, -0.1) is 12.4 Å². The van der Waals surface area contributed by atoms with Crippen LogP contribution in [0, 0.1) is 0 Å². The molecule has 5 heteroatoms. The van der Waals surface area contributed by atoms with Crippen LogP contribution in [0.3, 0.4) is 0 Å². The molecule has 1 aromatic heterocycles. The van der Waals surface area contributed by atoms with E-state index in [1.807, 2.05) is 25.1 Å². The van der Waals surface area contributed by atoms with Gasteiger partial charge >= 0.3 is 0 Å². The lowest BCUT2D eigenvalue weighted by Crippen LogP contribution is -2.45. The van der Waals surface area contributed by atoms with Crippen molar-refractivity contribution in [3.05, 3.63) is 59.5 Å². The van der Waals surface area contributed by atoms with Crippen molar-refractivity contribution in [1.82, 2.24) is 5.32 Å². The van der Waals surface area contributed by atoms with Gasteiger partial charge in [0.05, 0.1) is 12.1 Å². The maximum atomic E-state index is 12.3. The third kappa shape index (κ3) is 3.90. The van der Waals surface area contributed by atoms with Crippen molar-refractivity contribution >= 4 is 18.3 Å². The van der Waals surface area contributed by atoms with Gasteiger partial charge in [0.2, 0.25) is 0 Å². The highest BCUT2D eigenvalue weighted by molar-refractivity contribution is 5.94. The number of halogens is 1. The van der Waals surface area contributed by atoms with Crippen molar-refractivity contribution in [2.45, 2.75) is 38.8 Å². The zero-order valence-electron chi connectivity index (χ0n) is 13.1. The van der Waals surface area contributed by atoms with Gasteiger partial charge in [-0.3, -0.25) is 4.79 Å². The lowest BCUT2D eigenvalue weighted by Gasteiger charge is -2.33. The molecule has 2 aromatic rings. The van der Waals surface area contributed by atoms with E-state index in [1.165, 1.54) is 11.8 Å². The highest BCUT2D eigenvalue weighted by Crippen LogP contribution is 2.27. The van der Waals surface area contributed by atoms with Crippen LogP contribution < -0.4 is 11.1 Å². The molecule has 0 aliphatic carbocycles. The number of nitrogens with one attached hydrogen (secondary N) is 1. The van der Waals surface area contributed by atoms with Gasteiger partial charge in [0, 0.05) is 11.5 Å². The van der Waals surface area contributed by atoms with E-state index in [4.69, 9.17) is 10.2 Å². The van der Waals surface area contributed by atoms with Crippen LogP contribution in [0.25, 0.3) is 0 Å². The molecule has 0 saturated heterocycles. The monoisotopic (exact) mass is 322 g/mol. The summed E-state index contributed by atoms with van der Waals surface area (Å²) in [5, 5.41) is 3.03. The molecule has 120 valence electrons. The number of amides is 1. The Bertz CT molecular complexity index is 608. The summed E-state index contributed by atoms with van der Waals surface area (Å²) in [6, 6.07) is 11.8. The van der Waals surface area contributed by atoms with Crippen molar-refractivity contribution in [3.8, 4) is 0 Å². The van der Waals surface area contributed by atoms with Crippen LogP contribution in [0.2, 0.25) is 0 Å². The Morgan fingerprint density at radius 2 is 1.95 bits per heavy atom. The second-order valence-electron chi connectivity index (χ2n) is 5.79. The number of carbonyl (C=O) groups excluding carboxylic acids is 1. The number of benzene rings is 1. The second-order valence-corrected chi connectivity index (χ2v) is 5.79. The summed E-state index contributed by atoms with van der Waals surface area (Å²) in [6.07, 6.45) is 1.44. The Hall–Kier alpha value is -1.78. The molecule has 1 amide bonds. The summed E-state index contributed by atoms with van der Waals surface area (Å²) in [5.41, 5.74) is 7.01. The first-order valence-corrected chi connectivity index (χ1v) is 7.09. The topological polar surface area (TPSA) is 68.3 Å². The van der Waals surface area contributed by atoms with Gasteiger partial charge < -0.3 is 15.5 Å². The Balaban J connectivity index is 0.00000242. The Kier molecular flexibility index (Phi) is 6.21. The Morgan fingerprint density at radius 1 is 1.32 bits per heavy atom. The van der Waals surface area contributed by atoms with Crippen LogP contribution in [0.5, 0.6) is 0 Å². The Morgan fingerprint density at radius 3 is 2.50 bits per heavy atom. The highest BCUT2D eigenvalue weighted by atomic mass is 35.5. The van der Waals surface area contributed by atoms with Crippen LogP contribution in [0.15, 0.2) is 47.1 Å². The minimum Gasteiger partial charge on any atom is -0.467 e. The van der Waals surface area contributed by atoms with Gasteiger partial charge in [0.25, 0.3) is 5.91 Å². The van der Waals surface area contributed by atoms with E-state index in [9.17, 15) is 4.79 Å². The zero-order chi connectivity index (χ0) is 15.5. The van der Waals surface area contributed by atoms with Gasteiger partial charge in [-0.1, -0.05) is 44.2 Å². The molecule has 4 nitrogen and oxygen atoms in total. The first kappa shape index (κ1) is 18.3. The minimum absolute atomic E-state index is 0. The van der Waals surface area contributed by atoms with Crippen LogP contribution in [-0.2, 0) is 12.0 Å². The molecular formula is C17H23ClN2O2. The van der Waals surface area contributed by atoms with Crippen LogP contribution in [-0.4, -0.2) is 11.9 Å². The van der Waals surface area contributed by atoms with Gasteiger partial charge in [-0.05, 0) is 18.6 Å². The summed E-state index contributed by atoms with van der Waals surface area (Å²) >= 11 is 0. The summed E-state index contributed by atoms with van der Waals surface area (Å²) in [5.74, 6) is 0.463. The van der Waals surface area contributed by atoms with Crippen LogP contribution >= 0.6 is 12.4 Å². The van der Waals surface area contributed by atoms with Crippen molar-refractivity contribution in [2.75, 3.05) is 0 Å². The molecule has 2 rings (SSSR count). The van der Waals surface area contributed by atoms with Crippen molar-refractivity contribution < 1.29 is 9.21 Å². The fourth-order valence-electron chi connectivity index (χ4n) is 2.18. The van der Waals surface area contributed by atoms with Gasteiger partial charge in [-0.25, -0.2) is 0 Å². The number of furan rings is 1. The highest BCUT2D eigenvalue weighted by Gasteiger charge is 2.29. The molecule has 22 heavy (non-hydrogen) atoms. The standard InChI is InChI=1S/C17H22N2O2.ClH/c1-12(17(2,3)14-7-5-4-6-8-14)19-16(20)13-9-15(10-18)21-11-13;/h4-9,11-12H,10,18H2,1-3H3,(H,19,20);1H. The van der Waals surface area contributed by atoms with E-state index in [2.05, 4.69) is 31.3 Å². The van der Waals surface area contributed by atoms with Gasteiger partial charge in [0.1, 0.15) is 12.0 Å². The van der Waals surface area contributed by atoms with E-state index in [0.29, 0.717) is 17.9 Å². The molecule has 0 aliphatic rings. The first-order valence-electron chi connectivity index (χ1n) is 7.09. The number of hydrogen-bond acceptors (Lipinski definition) is 3. The molecule has 0 radical (unpaired) electrons. The van der Waals surface area contributed by atoms with E-state index in [1.54, 1.807) is 6.07 Å². The summed E-state index contributed by atoms with van der Waals surface area (Å²) in [6.45, 7) is 6.54. The van der Waals surface area contributed by atoms with Crippen molar-refractivity contribution in [2.24, 2.45) is 5.73 Å². The molecule has 0 aliphatic heterocycles. The Labute approximate surface area is 137 Å². The third-order valence-electron chi connectivity index (χ3n) is 4.07. The lowest BCUT2D eigenvalue weighted by atomic mass is 9.78. The number of rotatable bonds is 5. The number of nitrogens with two attached hydrogens (primary N) is 1. The molecule has 1 aromatic carbocycles. The quantitative estimate of drug-likeness (QED) is 0.887. The summed E-state index contributed by atoms with van der Waals surface area (Å²) < 4.78 is 5.20. The van der Waals surface area contributed by atoms with Crippen LogP contribution in [0.1, 0.15) is 42.5 Å². The van der Waals surface area contributed by atoms with Crippen molar-refractivity contribution in [1.29, 1.82) is 0 Å². The van der Waals surface area contributed by atoms with Crippen molar-refractivity contribution in [3.63, 3.8) is 0 Å². The third-order valence-corrected chi connectivity index (χ3v) is 4.07. The number of hydrogen-bond donors (Lipinski definition) is 2. The second kappa shape index (κ2) is 7.47. The average molecular weight is 323 g/mol. The maximum Gasteiger partial charge on any atom is 0.254 e. The lowest BCUT2D eigenvalue weighted by molar-refractivity contribution is 0.0923. The predicted molar refractivity (Wildman–Crippen MR) is 90.2 cm³/mol. The fourth-order valence-corrected chi connectivity index (χ4v) is 2.18. The smallest absolute Gasteiger partial charge is 0.254 e. The molecule has 0 spiro atoms. The summed E-state index contributed by atoms with van der Waals surface area (Å²) in [4.78, 5) is 12.3. The molecule has 1 heterocycles. The normalized spacial score (nSPS) is 12.4. The largest absolute Gasteiger partial charge is 0.467 e. The molecule has 0 bridgehead atoms. The SMILES string of the molecule is CC(NC(=O)c1coc(CN)c1)C(C)(C)c1ccccc1.Cl. The van der Waals surface area contributed by atoms with Gasteiger partial charge in [-0.2, -0.15) is 0 Å². The minimum atomic E-state index is -0.169. The van der Waals surface area contributed by atoms with E-state index in [-0.39, 0.29) is 29.8 Å². The summed E-state index contributed by atoms with van der Waals surface area (Å²) in [7, 11) is 0.